The molecule has 2 aromatic carbocycles. The number of ether oxygens (including phenoxy) is 2. The molecule has 48 heavy (non-hydrogen) atoms. The molecule has 0 radical (unpaired) electrons. The van der Waals surface area contributed by atoms with Crippen LogP contribution in [-0.4, -0.2) is 57.7 Å². The lowest BCUT2D eigenvalue weighted by Crippen LogP contribution is -2.51. The van der Waals surface area contributed by atoms with Crippen LogP contribution in [0, 0.1) is 11.7 Å². The maximum atomic E-state index is 15.5. The zero-order valence-corrected chi connectivity index (χ0v) is 28.1. The van der Waals surface area contributed by atoms with Gasteiger partial charge < -0.3 is 19.4 Å². The number of nitrogens with one attached hydrogen (secondary N) is 1. The van der Waals surface area contributed by atoms with Gasteiger partial charge in [0.05, 0.1) is 41.1 Å². The number of hydrogen-bond donors (Lipinski definition) is 1. The predicted octanol–water partition coefficient (Wildman–Crippen LogP) is 5.00. The average molecular weight is 697 g/mol. The molecule has 1 unspecified atom stereocenters. The molecule has 0 saturated carbocycles. The first kappa shape index (κ1) is 33.4. The summed E-state index contributed by atoms with van der Waals surface area (Å²) in [6, 6.07) is 9.41. The number of nitrogens with zero attached hydrogens (tertiary/aromatic N) is 4. The van der Waals surface area contributed by atoms with E-state index in [2.05, 4.69) is 10.2 Å². The molecule has 3 heterocycles. The van der Waals surface area contributed by atoms with Crippen molar-refractivity contribution in [1.29, 1.82) is 0 Å². The summed E-state index contributed by atoms with van der Waals surface area (Å²) in [6.45, 7) is 3.35. The van der Waals surface area contributed by atoms with Gasteiger partial charge in [-0.05, 0) is 49.6 Å². The van der Waals surface area contributed by atoms with E-state index < -0.39 is 23.0 Å². The molecule has 4 aromatic rings. The Morgan fingerprint density at radius 2 is 1.83 bits per heavy atom. The normalized spacial score (nSPS) is 15.9. The number of anilines is 1. The van der Waals surface area contributed by atoms with Crippen LogP contribution in [0.15, 0.2) is 52.2 Å². The summed E-state index contributed by atoms with van der Waals surface area (Å²) in [5.74, 6) is -1.35. The quantitative estimate of drug-likeness (QED) is 0.256. The number of amides is 1. The van der Waals surface area contributed by atoms with E-state index in [9.17, 15) is 19.2 Å². The van der Waals surface area contributed by atoms with Crippen LogP contribution in [-0.2, 0) is 30.0 Å². The Morgan fingerprint density at radius 1 is 1.08 bits per heavy atom. The van der Waals surface area contributed by atoms with Crippen LogP contribution in [0.1, 0.15) is 40.9 Å². The number of halogens is 3. The Bertz CT molecular complexity index is 2090. The van der Waals surface area contributed by atoms with Gasteiger partial charge in [-0.1, -0.05) is 35.3 Å². The highest BCUT2D eigenvalue weighted by atomic mass is 35.5. The minimum Gasteiger partial charge on any atom is -0.481 e. The van der Waals surface area contributed by atoms with Gasteiger partial charge >= 0.3 is 11.7 Å². The smallest absolute Gasteiger partial charge is 0.330 e. The molecule has 6 rings (SSSR count). The van der Waals surface area contributed by atoms with Gasteiger partial charge in [0.1, 0.15) is 11.4 Å². The summed E-state index contributed by atoms with van der Waals surface area (Å²) in [5, 5.41) is 2.64. The first-order valence-electron chi connectivity index (χ1n) is 15.3. The molecule has 2 aliphatic rings. The number of fused-ring (bicyclic) bond motifs is 1. The highest BCUT2D eigenvalue weighted by Gasteiger charge is 2.42. The van der Waals surface area contributed by atoms with Crippen molar-refractivity contribution in [3.8, 4) is 28.3 Å². The Morgan fingerprint density at radius 3 is 2.54 bits per heavy atom. The van der Waals surface area contributed by atoms with Crippen molar-refractivity contribution in [3.05, 3.63) is 96.0 Å². The van der Waals surface area contributed by atoms with E-state index in [1.807, 2.05) is 6.07 Å². The van der Waals surface area contributed by atoms with Crippen LogP contribution in [0.25, 0.3) is 22.4 Å². The van der Waals surface area contributed by atoms with E-state index in [0.29, 0.717) is 36.8 Å². The zero-order chi connectivity index (χ0) is 34.4. The molecule has 11 nitrogen and oxygen atoms in total. The number of rotatable bonds is 8. The fourth-order valence-corrected chi connectivity index (χ4v) is 7.01. The van der Waals surface area contributed by atoms with Crippen molar-refractivity contribution in [2.24, 2.45) is 20.0 Å². The van der Waals surface area contributed by atoms with Crippen LogP contribution in [0.4, 0.5) is 10.1 Å². The molecule has 250 valence electrons. The van der Waals surface area contributed by atoms with Crippen LogP contribution in [0.3, 0.4) is 0 Å². The summed E-state index contributed by atoms with van der Waals surface area (Å²) in [4.78, 5) is 56.9. The van der Waals surface area contributed by atoms with Gasteiger partial charge in [0.2, 0.25) is 5.88 Å². The highest BCUT2D eigenvalue weighted by molar-refractivity contribution is 6.39. The Hall–Kier alpha value is -4.52. The number of esters is 1. The third-order valence-corrected chi connectivity index (χ3v) is 9.67. The molecular formula is C34H32Cl2FN5O6. The van der Waals surface area contributed by atoms with Crippen LogP contribution >= 0.6 is 23.2 Å². The minimum atomic E-state index is -0.798. The number of carbonyl (C=O) groups is 2. The number of methoxy groups -OCH3 is 1. The summed E-state index contributed by atoms with van der Waals surface area (Å²) < 4.78 is 28.4. The first-order chi connectivity index (χ1) is 22.9. The molecule has 1 N–H and O–H groups in total. The largest absolute Gasteiger partial charge is 0.481 e. The summed E-state index contributed by atoms with van der Waals surface area (Å²) >= 11 is 13.6. The van der Waals surface area contributed by atoms with Crippen LogP contribution in [0.5, 0.6) is 5.88 Å². The van der Waals surface area contributed by atoms with Gasteiger partial charge in [0.15, 0.2) is 0 Å². The topological polar surface area (TPSA) is 125 Å². The molecule has 1 fully saturated rings. The molecule has 0 bridgehead atoms. The lowest BCUT2D eigenvalue weighted by molar-refractivity contribution is -0.155. The number of aryl methyl sites for hydroxylation is 2. The number of pyridine rings is 1. The van der Waals surface area contributed by atoms with Crippen molar-refractivity contribution in [2.75, 3.05) is 32.1 Å². The molecule has 1 aliphatic heterocycles. The van der Waals surface area contributed by atoms with Crippen molar-refractivity contribution in [2.45, 2.75) is 25.8 Å². The summed E-state index contributed by atoms with van der Waals surface area (Å²) in [7, 11) is 4.23. The van der Waals surface area contributed by atoms with Crippen molar-refractivity contribution in [1.82, 2.24) is 19.0 Å². The molecule has 1 saturated heterocycles. The third kappa shape index (κ3) is 5.78. The second kappa shape index (κ2) is 13.2. The molecule has 0 spiro atoms. The van der Waals surface area contributed by atoms with Crippen molar-refractivity contribution >= 4 is 40.8 Å². The maximum Gasteiger partial charge on any atom is 0.330 e. The molecule has 1 atom stereocenters. The number of benzene rings is 2. The lowest BCUT2D eigenvalue weighted by atomic mass is 9.95. The van der Waals surface area contributed by atoms with Gasteiger partial charge in [-0.15, -0.1) is 0 Å². The second-order valence-corrected chi connectivity index (χ2v) is 12.5. The SMILES string of the molecule is CCOC(=O)C1CN(C2CCc3cc(-c4ccc(F)c(-c5cccc(NC(=O)c6cn(C)c(=O)n(C)c6=O)c5Cl)c4Cl)nc(OC)c32)C1. The van der Waals surface area contributed by atoms with E-state index >= 15 is 4.39 Å². The number of aromatic nitrogens is 3. The first-order valence-corrected chi connectivity index (χ1v) is 16.0. The molecule has 2 aromatic heterocycles. The maximum absolute atomic E-state index is 15.5. The van der Waals surface area contributed by atoms with Crippen molar-refractivity contribution < 1.29 is 23.5 Å². The molecule has 1 aliphatic carbocycles. The Kier molecular flexibility index (Phi) is 9.16. The van der Waals surface area contributed by atoms with Crippen LogP contribution in [0.2, 0.25) is 10.0 Å². The number of likely N-dealkylation sites (tertiary alicyclic amines) is 1. The fraction of sp³-hybridized carbons (Fsp3) is 0.324. The van der Waals surface area contributed by atoms with E-state index in [-0.39, 0.29) is 50.4 Å². The van der Waals surface area contributed by atoms with Crippen LogP contribution < -0.4 is 21.3 Å². The van der Waals surface area contributed by atoms with Gasteiger partial charge in [0.25, 0.3) is 11.5 Å². The van der Waals surface area contributed by atoms with Gasteiger partial charge in [-0.25, -0.2) is 14.2 Å². The second-order valence-electron chi connectivity index (χ2n) is 11.8. The highest BCUT2D eigenvalue weighted by Crippen LogP contribution is 2.47. The van der Waals surface area contributed by atoms with E-state index in [0.717, 1.165) is 39.3 Å². The minimum absolute atomic E-state index is 0.00184. The lowest BCUT2D eigenvalue weighted by Gasteiger charge is -2.42. The Labute approximate surface area is 284 Å². The van der Waals surface area contributed by atoms with E-state index in [1.54, 1.807) is 26.2 Å². The fourth-order valence-electron chi connectivity index (χ4n) is 6.39. The predicted molar refractivity (Wildman–Crippen MR) is 179 cm³/mol. The molecule has 14 heteroatoms. The molecular weight excluding hydrogens is 664 g/mol. The van der Waals surface area contributed by atoms with E-state index in [4.69, 9.17) is 37.7 Å². The standard InChI is InChI=1S/C34H32Cl2FN5O6/c1-5-48-33(45)18-14-42(15-18)25-12-9-17-13-24(39-31(47-4)26(17)25)19-10-11-22(37)27(29(19)36)20-7-6-8-23(28(20)35)38-30(43)21-16-40(2)34(46)41(3)32(21)44/h6-8,10-11,13,16,18,25H,5,9,12,14-15H2,1-4H3,(H,38,43). The van der Waals surface area contributed by atoms with Gasteiger partial charge in [-0.2, -0.15) is 0 Å². The monoisotopic (exact) mass is 695 g/mol. The number of carbonyl (C=O) groups excluding carboxylic acids is 2. The van der Waals surface area contributed by atoms with Gasteiger partial charge in [-0.3, -0.25) is 23.9 Å². The summed E-state index contributed by atoms with van der Waals surface area (Å²) in [6.07, 6.45) is 2.72. The number of hydrogen-bond acceptors (Lipinski definition) is 8. The zero-order valence-electron chi connectivity index (χ0n) is 26.6. The van der Waals surface area contributed by atoms with Crippen molar-refractivity contribution in [3.63, 3.8) is 0 Å². The average Bonchev–Trinajstić information content (AvgIpc) is 3.46. The molecule has 1 amide bonds. The Balaban J connectivity index is 1.32. The third-order valence-electron chi connectivity index (χ3n) is 8.87. The van der Waals surface area contributed by atoms with E-state index in [1.165, 1.54) is 32.3 Å². The summed E-state index contributed by atoms with van der Waals surface area (Å²) in [5.41, 5.74) is 1.58. The van der Waals surface area contributed by atoms with Gasteiger partial charge in [0, 0.05) is 61.7 Å².